The van der Waals surface area contributed by atoms with Gasteiger partial charge in [0.05, 0.1) is 12.1 Å². The van der Waals surface area contributed by atoms with Crippen molar-refractivity contribution in [2.24, 2.45) is 0 Å². The smallest absolute Gasteiger partial charge is 0.249 e. The number of hydrogen-bond acceptors (Lipinski definition) is 3. The number of ether oxygens (including phenoxy) is 2. The number of hydrogen-bond donors (Lipinski definition) is 1. The first-order valence-corrected chi connectivity index (χ1v) is 5.05. The van der Waals surface area contributed by atoms with Gasteiger partial charge in [-0.05, 0) is 26.2 Å². The van der Waals surface area contributed by atoms with Crippen LogP contribution in [-0.4, -0.2) is 38.4 Å². The first-order valence-electron chi connectivity index (χ1n) is 5.05. The first kappa shape index (κ1) is 11.5. The van der Waals surface area contributed by atoms with Gasteiger partial charge in [-0.1, -0.05) is 0 Å². The summed E-state index contributed by atoms with van der Waals surface area (Å²) in [5.41, 5.74) is 0. The van der Waals surface area contributed by atoms with Crippen LogP contribution in [0.3, 0.4) is 0 Å². The third kappa shape index (κ3) is 2.69. The second-order valence-corrected chi connectivity index (χ2v) is 3.70. The predicted molar refractivity (Wildman–Crippen MR) is 53.0 cm³/mol. The van der Waals surface area contributed by atoms with Gasteiger partial charge >= 0.3 is 0 Å². The molecule has 0 aromatic heterocycles. The summed E-state index contributed by atoms with van der Waals surface area (Å²) in [6.07, 6.45) is 2.94. The fourth-order valence-corrected chi connectivity index (χ4v) is 1.78. The van der Waals surface area contributed by atoms with Crippen molar-refractivity contribution in [3.63, 3.8) is 0 Å². The van der Waals surface area contributed by atoms with Crippen LogP contribution in [-0.2, 0) is 14.3 Å². The molecule has 14 heavy (non-hydrogen) atoms. The first-order chi connectivity index (χ1) is 6.69. The van der Waals surface area contributed by atoms with Gasteiger partial charge in [0.1, 0.15) is 6.10 Å². The predicted octanol–water partition coefficient (Wildman–Crippen LogP) is 0.705. The molecule has 4 nitrogen and oxygen atoms in total. The highest BCUT2D eigenvalue weighted by molar-refractivity contribution is 5.80. The Labute approximate surface area is 85.0 Å². The maximum atomic E-state index is 11.5. The van der Waals surface area contributed by atoms with E-state index in [4.69, 9.17) is 9.47 Å². The molecule has 1 rings (SSSR count). The number of nitrogens with one attached hydrogen (secondary N) is 1. The summed E-state index contributed by atoms with van der Waals surface area (Å²) in [7, 11) is 3.22. The van der Waals surface area contributed by atoms with E-state index in [9.17, 15) is 4.79 Å². The Kier molecular flexibility index (Phi) is 4.35. The number of carbonyl (C=O) groups is 1. The third-order valence-corrected chi connectivity index (χ3v) is 2.81. The molecule has 0 saturated heterocycles. The lowest BCUT2D eigenvalue weighted by atomic mass is 10.2. The molecule has 1 aliphatic carbocycles. The van der Waals surface area contributed by atoms with Crippen LogP contribution in [0.5, 0.6) is 0 Å². The van der Waals surface area contributed by atoms with Crippen LogP contribution in [0, 0.1) is 0 Å². The van der Waals surface area contributed by atoms with E-state index in [2.05, 4.69) is 5.32 Å². The molecule has 0 radical (unpaired) electrons. The quantitative estimate of drug-likeness (QED) is 0.728. The van der Waals surface area contributed by atoms with E-state index in [0.717, 1.165) is 19.3 Å². The average Bonchev–Trinajstić information content (AvgIpc) is 2.63. The highest BCUT2D eigenvalue weighted by Crippen LogP contribution is 2.21. The minimum Gasteiger partial charge on any atom is -0.379 e. The Balaban J connectivity index is 2.39. The van der Waals surface area contributed by atoms with Crippen LogP contribution in [0.15, 0.2) is 0 Å². The maximum absolute atomic E-state index is 11.5. The summed E-state index contributed by atoms with van der Waals surface area (Å²) in [6, 6.07) is 0.157. The normalized spacial score (nSPS) is 28.8. The average molecular weight is 201 g/mol. The minimum absolute atomic E-state index is 0.0542. The molecule has 0 bridgehead atoms. The molecule has 0 heterocycles. The number of carbonyl (C=O) groups excluding carboxylic acids is 1. The second kappa shape index (κ2) is 5.32. The van der Waals surface area contributed by atoms with Crippen molar-refractivity contribution in [1.29, 1.82) is 0 Å². The van der Waals surface area contributed by atoms with Gasteiger partial charge in [0, 0.05) is 14.2 Å². The van der Waals surface area contributed by atoms with Crippen LogP contribution in [0.4, 0.5) is 0 Å². The molecule has 0 aromatic carbocycles. The SMILES string of the molecule is COC(C)C(=O)NC1CCCC1OC. The molecule has 1 amide bonds. The van der Waals surface area contributed by atoms with Crippen LogP contribution < -0.4 is 5.32 Å². The fraction of sp³-hybridized carbons (Fsp3) is 0.900. The van der Waals surface area contributed by atoms with Gasteiger partial charge in [0.2, 0.25) is 5.91 Å². The molecule has 0 spiro atoms. The summed E-state index contributed by atoms with van der Waals surface area (Å²) in [5, 5.41) is 2.94. The lowest BCUT2D eigenvalue weighted by Gasteiger charge is -2.21. The number of rotatable bonds is 4. The molecule has 1 N–H and O–H groups in total. The van der Waals surface area contributed by atoms with Crippen molar-refractivity contribution in [3.8, 4) is 0 Å². The van der Waals surface area contributed by atoms with Gasteiger partial charge < -0.3 is 14.8 Å². The molecule has 3 atom stereocenters. The van der Waals surface area contributed by atoms with Gasteiger partial charge in [-0.3, -0.25) is 4.79 Å². The standard InChI is InChI=1S/C10H19NO3/c1-7(13-2)10(12)11-8-5-4-6-9(8)14-3/h7-9H,4-6H2,1-3H3,(H,11,12). The zero-order valence-corrected chi connectivity index (χ0v) is 9.08. The highest BCUT2D eigenvalue weighted by Gasteiger charge is 2.29. The summed E-state index contributed by atoms with van der Waals surface area (Å²) in [6.45, 7) is 1.74. The van der Waals surface area contributed by atoms with Gasteiger partial charge in [0.15, 0.2) is 0 Å². The molecular formula is C10H19NO3. The van der Waals surface area contributed by atoms with E-state index >= 15 is 0 Å². The van der Waals surface area contributed by atoms with Crippen molar-refractivity contribution in [3.05, 3.63) is 0 Å². The van der Waals surface area contributed by atoms with Gasteiger partial charge in [0.25, 0.3) is 0 Å². The molecule has 0 aliphatic heterocycles. The summed E-state index contributed by atoms with van der Waals surface area (Å²) in [4.78, 5) is 11.5. The topological polar surface area (TPSA) is 47.6 Å². The minimum atomic E-state index is -0.381. The lowest BCUT2D eigenvalue weighted by Crippen LogP contribution is -2.45. The number of amides is 1. The van der Waals surface area contributed by atoms with Crippen molar-refractivity contribution >= 4 is 5.91 Å². The van der Waals surface area contributed by atoms with Crippen LogP contribution >= 0.6 is 0 Å². The van der Waals surface area contributed by atoms with E-state index in [0.29, 0.717) is 0 Å². The summed E-state index contributed by atoms with van der Waals surface area (Å²) >= 11 is 0. The largest absolute Gasteiger partial charge is 0.379 e. The van der Waals surface area contributed by atoms with Crippen LogP contribution in [0.25, 0.3) is 0 Å². The highest BCUT2D eigenvalue weighted by atomic mass is 16.5. The zero-order valence-electron chi connectivity index (χ0n) is 9.08. The van der Waals surface area contributed by atoms with Gasteiger partial charge in [-0.25, -0.2) is 0 Å². The molecule has 82 valence electrons. The van der Waals surface area contributed by atoms with E-state index in [-0.39, 0.29) is 24.2 Å². The van der Waals surface area contributed by atoms with Crippen LogP contribution in [0.2, 0.25) is 0 Å². The summed E-state index contributed by atoms with van der Waals surface area (Å²) in [5.74, 6) is -0.0542. The van der Waals surface area contributed by atoms with E-state index in [1.54, 1.807) is 14.0 Å². The zero-order chi connectivity index (χ0) is 10.6. The molecular weight excluding hydrogens is 182 g/mol. The molecule has 1 saturated carbocycles. The Morgan fingerprint density at radius 3 is 2.71 bits per heavy atom. The Morgan fingerprint density at radius 2 is 2.14 bits per heavy atom. The van der Waals surface area contributed by atoms with E-state index < -0.39 is 0 Å². The second-order valence-electron chi connectivity index (χ2n) is 3.70. The summed E-state index contributed by atoms with van der Waals surface area (Å²) < 4.78 is 10.2. The monoisotopic (exact) mass is 201 g/mol. The fourth-order valence-electron chi connectivity index (χ4n) is 1.78. The van der Waals surface area contributed by atoms with Crippen LogP contribution in [0.1, 0.15) is 26.2 Å². The van der Waals surface area contributed by atoms with Crippen molar-refractivity contribution < 1.29 is 14.3 Å². The van der Waals surface area contributed by atoms with Crippen molar-refractivity contribution in [2.75, 3.05) is 14.2 Å². The maximum Gasteiger partial charge on any atom is 0.249 e. The van der Waals surface area contributed by atoms with E-state index in [1.807, 2.05) is 0 Å². The Bertz CT molecular complexity index is 196. The Hall–Kier alpha value is -0.610. The number of methoxy groups -OCH3 is 2. The molecule has 4 heteroatoms. The molecule has 0 aromatic rings. The lowest BCUT2D eigenvalue weighted by molar-refractivity contribution is -0.131. The van der Waals surface area contributed by atoms with Crippen molar-refractivity contribution in [2.45, 2.75) is 44.4 Å². The van der Waals surface area contributed by atoms with Gasteiger partial charge in [-0.2, -0.15) is 0 Å². The molecule has 1 aliphatic rings. The van der Waals surface area contributed by atoms with Crippen molar-refractivity contribution in [1.82, 2.24) is 5.32 Å². The van der Waals surface area contributed by atoms with E-state index in [1.165, 1.54) is 7.11 Å². The van der Waals surface area contributed by atoms with Gasteiger partial charge in [-0.15, -0.1) is 0 Å². The molecule has 3 unspecified atom stereocenters. The molecule has 1 fully saturated rings. The Morgan fingerprint density at radius 1 is 1.43 bits per heavy atom. The third-order valence-electron chi connectivity index (χ3n) is 2.81.